The highest BCUT2D eigenvalue weighted by molar-refractivity contribution is 6.23. The van der Waals surface area contributed by atoms with Crippen LogP contribution < -0.4 is 0 Å². The van der Waals surface area contributed by atoms with Gasteiger partial charge in [-0.2, -0.15) is 0 Å². The summed E-state index contributed by atoms with van der Waals surface area (Å²) in [5.74, 6) is 5.01. The van der Waals surface area contributed by atoms with Crippen molar-refractivity contribution in [1.82, 2.24) is 0 Å². The first-order valence-electron chi connectivity index (χ1n) is 23.1. The molecule has 1 N–H and O–H groups in total. The molecule has 8 rings (SSSR count). The van der Waals surface area contributed by atoms with Crippen LogP contribution in [0.4, 0.5) is 0 Å². The summed E-state index contributed by atoms with van der Waals surface area (Å²) in [6.45, 7) is 12.5. The summed E-state index contributed by atoms with van der Waals surface area (Å²) in [6.07, 6.45) is 25.5. The van der Waals surface area contributed by atoms with Crippen molar-refractivity contribution in [1.29, 1.82) is 0 Å². The summed E-state index contributed by atoms with van der Waals surface area (Å²) < 4.78 is 0. The van der Waals surface area contributed by atoms with Crippen LogP contribution in [0.1, 0.15) is 162 Å². The first kappa shape index (κ1) is 39.1. The molecule has 0 unspecified atom stereocenters. The highest BCUT2D eigenvalue weighted by Crippen LogP contribution is 2.68. The fraction of sp³-hybridized carbons (Fsp3) is 0.642. The molecule has 4 aliphatic carbocycles. The Morgan fingerprint density at radius 2 is 1.45 bits per heavy atom. The van der Waals surface area contributed by atoms with Crippen LogP contribution in [0.15, 0.2) is 66.2 Å². The van der Waals surface area contributed by atoms with E-state index in [9.17, 15) is 9.90 Å². The molecule has 4 aromatic carbocycles. The normalized spacial score (nSPS) is 31.1. The van der Waals surface area contributed by atoms with Gasteiger partial charge in [0.05, 0.1) is 0 Å². The zero-order chi connectivity index (χ0) is 38.4. The maximum atomic E-state index is 13.6. The number of aryl methyl sites for hydroxylation is 1. The Kier molecular flexibility index (Phi) is 11.3. The van der Waals surface area contributed by atoms with Gasteiger partial charge in [-0.1, -0.05) is 152 Å². The number of aliphatic hydroxyl groups is 1. The van der Waals surface area contributed by atoms with Gasteiger partial charge in [-0.25, -0.2) is 0 Å². The van der Waals surface area contributed by atoms with Gasteiger partial charge in [0.25, 0.3) is 0 Å². The molecule has 0 saturated heterocycles. The van der Waals surface area contributed by atoms with Crippen molar-refractivity contribution in [2.24, 2.45) is 46.3 Å². The number of ketones is 1. The molecule has 296 valence electrons. The minimum atomic E-state index is -1.14. The molecule has 0 spiro atoms. The van der Waals surface area contributed by atoms with Crippen LogP contribution in [0.25, 0.3) is 32.3 Å². The van der Waals surface area contributed by atoms with Crippen molar-refractivity contribution in [2.45, 2.75) is 169 Å². The van der Waals surface area contributed by atoms with Gasteiger partial charge in [-0.15, -0.1) is 0 Å². The fourth-order valence-electron chi connectivity index (χ4n) is 13.7. The van der Waals surface area contributed by atoms with Crippen molar-refractivity contribution in [3.63, 3.8) is 0 Å². The predicted octanol–water partition coefficient (Wildman–Crippen LogP) is 14.6. The second kappa shape index (κ2) is 15.9. The highest BCUT2D eigenvalue weighted by Gasteiger charge is 2.60. The molecule has 0 aromatic heterocycles. The molecule has 0 amide bonds. The van der Waals surface area contributed by atoms with Crippen molar-refractivity contribution in [2.75, 3.05) is 0 Å². The Hall–Kier alpha value is -2.71. The van der Waals surface area contributed by atoms with Gasteiger partial charge in [0, 0.05) is 12.8 Å². The second-order valence-electron chi connectivity index (χ2n) is 20.5. The molecule has 3 saturated carbocycles. The van der Waals surface area contributed by atoms with E-state index in [2.05, 4.69) is 95.3 Å². The van der Waals surface area contributed by atoms with Crippen molar-refractivity contribution in [3.8, 4) is 0 Å². The third kappa shape index (κ3) is 7.34. The Morgan fingerprint density at radius 3 is 2.24 bits per heavy atom. The fourth-order valence-corrected chi connectivity index (χ4v) is 13.7. The zero-order valence-electron chi connectivity index (χ0n) is 35.2. The summed E-state index contributed by atoms with van der Waals surface area (Å²) >= 11 is 0. The number of Topliss-reactive ketones (excluding diaryl/α,β-unsaturated/α-hetero) is 1. The Morgan fingerprint density at radius 1 is 0.745 bits per heavy atom. The van der Waals surface area contributed by atoms with Gasteiger partial charge in [-0.05, 0) is 148 Å². The van der Waals surface area contributed by atoms with E-state index < -0.39 is 5.60 Å². The molecule has 0 heterocycles. The van der Waals surface area contributed by atoms with E-state index in [-0.39, 0.29) is 11.2 Å². The quantitative estimate of drug-likeness (QED) is 0.0705. The molecule has 0 bridgehead atoms. The van der Waals surface area contributed by atoms with E-state index in [0.29, 0.717) is 24.7 Å². The number of rotatable bonds is 16. The van der Waals surface area contributed by atoms with Crippen molar-refractivity contribution < 1.29 is 9.90 Å². The highest BCUT2D eigenvalue weighted by atomic mass is 16.3. The number of hydrogen-bond acceptors (Lipinski definition) is 2. The monoisotopic (exact) mass is 741 g/mol. The summed E-state index contributed by atoms with van der Waals surface area (Å²) in [5.41, 5.74) is 2.43. The summed E-state index contributed by atoms with van der Waals surface area (Å²) in [6, 6.07) is 20.5. The Balaban J connectivity index is 0.778. The third-order valence-electron chi connectivity index (χ3n) is 16.8. The molecule has 55 heavy (non-hydrogen) atoms. The topological polar surface area (TPSA) is 37.3 Å². The first-order valence-corrected chi connectivity index (χ1v) is 23.1. The van der Waals surface area contributed by atoms with E-state index in [0.717, 1.165) is 61.2 Å². The van der Waals surface area contributed by atoms with Crippen LogP contribution in [0.5, 0.6) is 0 Å². The standard InChI is InChI=1S/C53H72O2/c1-36(2)16-13-17-37(3)45-28-29-46-44-27-26-42-35-53(55,33-32-51(42,4)47(44)30-31-52(45,46)5)48(54)23-12-10-8-6-7-9-11-18-40-34-41-21-14-19-38-24-25-39-20-15-22-43(40)50(39)49(38)41/h14-15,19-22,24-26,34,36-37,44-47,55H,6-13,16-18,23,27-33,35H2,1-5H3/t37-,44+,45-,46+,47+,51+,52-,53+/m1/s1. The Bertz CT molecular complexity index is 1980. The lowest BCUT2D eigenvalue weighted by Gasteiger charge is -2.59. The van der Waals surface area contributed by atoms with Gasteiger partial charge in [-0.3, -0.25) is 4.79 Å². The molecule has 0 aliphatic heterocycles. The predicted molar refractivity (Wildman–Crippen MR) is 234 cm³/mol. The molecule has 8 atom stereocenters. The molecule has 4 aromatic rings. The minimum absolute atomic E-state index is 0.118. The largest absolute Gasteiger partial charge is 0.382 e. The number of carbonyl (C=O) groups is 1. The lowest BCUT2D eigenvalue weighted by Crippen LogP contribution is -2.54. The van der Waals surface area contributed by atoms with Gasteiger partial charge in [0.15, 0.2) is 5.78 Å². The zero-order valence-corrected chi connectivity index (χ0v) is 35.2. The van der Waals surface area contributed by atoms with E-state index in [1.807, 2.05) is 0 Å². The van der Waals surface area contributed by atoms with Gasteiger partial charge in [0.1, 0.15) is 5.60 Å². The number of benzene rings is 4. The van der Waals surface area contributed by atoms with Crippen LogP contribution >= 0.6 is 0 Å². The first-order chi connectivity index (χ1) is 26.5. The number of fused-ring (bicyclic) bond motifs is 5. The minimum Gasteiger partial charge on any atom is -0.382 e. The van der Waals surface area contributed by atoms with Gasteiger partial charge < -0.3 is 5.11 Å². The molecular weight excluding hydrogens is 669 g/mol. The van der Waals surface area contributed by atoms with Gasteiger partial charge in [0.2, 0.25) is 0 Å². The SMILES string of the molecule is CC(C)CCC[C@@H](C)[C@H]1CC[C@H]2[C@@H]3CC=C4C[C@](O)(C(=O)CCCCCCCCCc5cc6cccc7ccc8cccc5c8c76)CC[C@]4(C)[C@H]3CC[C@]12C. The molecule has 2 heteroatoms. The van der Waals surface area contributed by atoms with Crippen LogP contribution in [-0.4, -0.2) is 16.5 Å². The smallest absolute Gasteiger partial charge is 0.164 e. The number of unbranched alkanes of at least 4 members (excludes halogenated alkanes) is 6. The Labute approximate surface area is 333 Å². The third-order valence-corrected chi connectivity index (χ3v) is 16.8. The average Bonchev–Trinajstić information content (AvgIpc) is 3.54. The summed E-state index contributed by atoms with van der Waals surface area (Å²) in [7, 11) is 0. The lowest BCUT2D eigenvalue weighted by atomic mass is 9.46. The maximum Gasteiger partial charge on any atom is 0.164 e. The number of allylic oxidation sites excluding steroid dienone is 1. The summed E-state index contributed by atoms with van der Waals surface area (Å²) in [4.78, 5) is 13.6. The van der Waals surface area contributed by atoms with Crippen molar-refractivity contribution in [3.05, 3.63) is 71.8 Å². The van der Waals surface area contributed by atoms with Crippen LogP contribution in [0.2, 0.25) is 0 Å². The van der Waals surface area contributed by atoms with Gasteiger partial charge >= 0.3 is 0 Å². The molecule has 0 radical (unpaired) electrons. The lowest BCUT2D eigenvalue weighted by molar-refractivity contribution is -0.143. The molecular formula is C53H72O2. The number of carbonyl (C=O) groups excluding carboxylic acids is 1. The molecule has 3 fully saturated rings. The van der Waals surface area contributed by atoms with E-state index in [1.165, 1.54) is 127 Å². The maximum absolute atomic E-state index is 13.6. The van der Waals surface area contributed by atoms with Crippen LogP contribution in [0.3, 0.4) is 0 Å². The van der Waals surface area contributed by atoms with E-state index >= 15 is 0 Å². The van der Waals surface area contributed by atoms with E-state index in [1.54, 1.807) is 0 Å². The second-order valence-corrected chi connectivity index (χ2v) is 20.5. The molecule has 4 aliphatic rings. The molecule has 2 nitrogen and oxygen atoms in total. The van der Waals surface area contributed by atoms with Crippen molar-refractivity contribution >= 4 is 38.1 Å². The summed E-state index contributed by atoms with van der Waals surface area (Å²) in [5, 5.41) is 20.2. The van der Waals surface area contributed by atoms with E-state index in [4.69, 9.17) is 0 Å². The number of hydrogen-bond donors (Lipinski definition) is 1. The average molecular weight is 741 g/mol. The van der Waals surface area contributed by atoms with Crippen LogP contribution in [-0.2, 0) is 11.2 Å². The van der Waals surface area contributed by atoms with Crippen LogP contribution in [0, 0.1) is 46.3 Å².